The highest BCUT2D eigenvalue weighted by atomic mass is 32.2. The molecule has 1 fully saturated rings. The lowest BCUT2D eigenvalue weighted by atomic mass is 10.2. The molecule has 2 amide bonds. The Morgan fingerprint density at radius 2 is 1.96 bits per heavy atom. The molecular formula is C19H25N3O4S2. The van der Waals surface area contributed by atoms with Crippen LogP contribution in [0.4, 0.5) is 4.79 Å². The van der Waals surface area contributed by atoms with Crippen molar-refractivity contribution in [2.75, 3.05) is 33.4 Å². The molecule has 7 nitrogen and oxygen atoms in total. The molecule has 152 valence electrons. The van der Waals surface area contributed by atoms with Crippen molar-refractivity contribution < 1.29 is 19.1 Å². The van der Waals surface area contributed by atoms with Gasteiger partial charge in [-0.25, -0.2) is 0 Å². The van der Waals surface area contributed by atoms with Crippen LogP contribution in [-0.4, -0.2) is 54.5 Å². The van der Waals surface area contributed by atoms with Gasteiger partial charge in [0.25, 0.3) is 11.1 Å². The Hall–Kier alpha value is -2.26. The number of hydrogen-bond acceptors (Lipinski definition) is 6. The Labute approximate surface area is 174 Å². The van der Waals surface area contributed by atoms with Crippen molar-refractivity contribution in [3.05, 3.63) is 28.7 Å². The summed E-state index contributed by atoms with van der Waals surface area (Å²) in [5, 5.41) is 6.27. The molecule has 0 aromatic heterocycles. The molecule has 0 atom stereocenters. The van der Waals surface area contributed by atoms with E-state index < -0.39 is 0 Å². The quantitative estimate of drug-likeness (QED) is 0.464. The van der Waals surface area contributed by atoms with E-state index >= 15 is 0 Å². The maximum atomic E-state index is 12.6. The van der Waals surface area contributed by atoms with E-state index in [4.69, 9.17) is 21.7 Å². The van der Waals surface area contributed by atoms with E-state index in [1.54, 1.807) is 25.3 Å². The van der Waals surface area contributed by atoms with E-state index in [-0.39, 0.29) is 17.7 Å². The van der Waals surface area contributed by atoms with E-state index in [1.165, 1.54) is 4.90 Å². The number of methoxy groups -OCH3 is 1. The molecule has 0 radical (unpaired) electrons. The van der Waals surface area contributed by atoms with Gasteiger partial charge in [-0.05, 0) is 61.1 Å². The summed E-state index contributed by atoms with van der Waals surface area (Å²) in [5.41, 5.74) is 0.758. The van der Waals surface area contributed by atoms with Gasteiger partial charge in [0.05, 0.1) is 18.6 Å². The number of nitrogens with one attached hydrogen (secondary N) is 2. The number of amides is 2. The Morgan fingerprint density at radius 1 is 1.21 bits per heavy atom. The van der Waals surface area contributed by atoms with Gasteiger partial charge in [-0.2, -0.15) is 0 Å². The maximum Gasteiger partial charge on any atom is 0.293 e. The average Bonchev–Trinajstić information content (AvgIpc) is 2.95. The zero-order valence-corrected chi connectivity index (χ0v) is 17.9. The van der Waals surface area contributed by atoms with E-state index in [9.17, 15) is 9.59 Å². The van der Waals surface area contributed by atoms with Crippen LogP contribution in [0, 0.1) is 0 Å². The summed E-state index contributed by atoms with van der Waals surface area (Å²) in [6.07, 6.45) is 2.65. The van der Waals surface area contributed by atoms with Crippen molar-refractivity contribution >= 4 is 46.3 Å². The SMILES string of the molecule is CCCNC(=S)NCCN1C(=O)S/C(=C\c2ccc(OCC)c(OC)c2)C1=O. The summed E-state index contributed by atoms with van der Waals surface area (Å²) < 4.78 is 10.8. The summed E-state index contributed by atoms with van der Waals surface area (Å²) in [6, 6.07) is 5.38. The molecule has 0 spiro atoms. The topological polar surface area (TPSA) is 79.9 Å². The standard InChI is InChI=1S/C19H25N3O4S2/c1-4-8-20-18(27)21-9-10-22-17(23)16(28-19(22)24)12-13-6-7-14(26-5-2)15(11-13)25-3/h6-7,11-12H,4-5,8-10H2,1-3H3,(H2,20,21,27)/b16-12-. The van der Waals surface area contributed by atoms with E-state index in [1.807, 2.05) is 19.9 Å². The van der Waals surface area contributed by atoms with Crippen LogP contribution < -0.4 is 20.1 Å². The number of benzene rings is 1. The van der Waals surface area contributed by atoms with E-state index in [0.29, 0.717) is 34.7 Å². The van der Waals surface area contributed by atoms with Gasteiger partial charge in [-0.3, -0.25) is 14.5 Å². The van der Waals surface area contributed by atoms with Gasteiger partial charge in [0.15, 0.2) is 16.6 Å². The third-order valence-corrected chi connectivity index (χ3v) is 5.01. The van der Waals surface area contributed by atoms with Crippen molar-refractivity contribution in [2.24, 2.45) is 0 Å². The minimum atomic E-state index is -0.308. The number of thioether (sulfide) groups is 1. The molecule has 0 unspecified atom stereocenters. The molecule has 0 aliphatic carbocycles. The molecule has 1 heterocycles. The predicted octanol–water partition coefficient (Wildman–Crippen LogP) is 3.00. The van der Waals surface area contributed by atoms with Gasteiger partial charge in [-0.15, -0.1) is 0 Å². The molecule has 9 heteroatoms. The van der Waals surface area contributed by atoms with Gasteiger partial charge in [0, 0.05) is 19.6 Å². The van der Waals surface area contributed by atoms with Crippen LogP contribution in [0.25, 0.3) is 6.08 Å². The summed E-state index contributed by atoms with van der Waals surface area (Å²) in [4.78, 5) is 26.4. The molecule has 0 saturated carbocycles. The van der Waals surface area contributed by atoms with Crippen LogP contribution >= 0.6 is 24.0 Å². The monoisotopic (exact) mass is 423 g/mol. The van der Waals surface area contributed by atoms with E-state index in [0.717, 1.165) is 30.3 Å². The van der Waals surface area contributed by atoms with Crippen LogP contribution in [0.15, 0.2) is 23.1 Å². The number of imide groups is 1. The highest BCUT2D eigenvalue weighted by molar-refractivity contribution is 8.18. The largest absolute Gasteiger partial charge is 0.493 e. The third-order valence-electron chi connectivity index (χ3n) is 3.82. The molecule has 2 N–H and O–H groups in total. The second kappa shape index (κ2) is 10.9. The summed E-state index contributed by atoms with van der Waals surface area (Å²) in [5.74, 6) is 0.901. The molecule has 1 aliphatic heterocycles. The minimum Gasteiger partial charge on any atom is -0.493 e. The maximum absolute atomic E-state index is 12.6. The first kappa shape index (κ1) is 22.0. The Kier molecular flexibility index (Phi) is 8.59. The van der Waals surface area contributed by atoms with Crippen molar-refractivity contribution in [3.63, 3.8) is 0 Å². The number of rotatable bonds is 9. The second-order valence-corrected chi connectivity index (χ2v) is 7.26. The number of thiocarbonyl (C=S) groups is 1. The molecule has 28 heavy (non-hydrogen) atoms. The van der Waals surface area contributed by atoms with Gasteiger partial charge < -0.3 is 20.1 Å². The normalized spacial score (nSPS) is 15.1. The Bertz CT molecular complexity index is 768. The van der Waals surface area contributed by atoms with Crippen LogP contribution in [0.3, 0.4) is 0 Å². The Morgan fingerprint density at radius 3 is 2.64 bits per heavy atom. The summed E-state index contributed by atoms with van der Waals surface area (Å²) >= 11 is 6.06. The van der Waals surface area contributed by atoms with Crippen LogP contribution in [0.5, 0.6) is 11.5 Å². The first-order chi connectivity index (χ1) is 13.5. The first-order valence-corrected chi connectivity index (χ1v) is 10.3. The zero-order valence-electron chi connectivity index (χ0n) is 16.2. The van der Waals surface area contributed by atoms with E-state index in [2.05, 4.69) is 10.6 Å². The van der Waals surface area contributed by atoms with Crippen molar-refractivity contribution in [1.82, 2.24) is 15.5 Å². The average molecular weight is 424 g/mol. The van der Waals surface area contributed by atoms with Crippen LogP contribution in [0.2, 0.25) is 0 Å². The smallest absolute Gasteiger partial charge is 0.293 e. The lowest BCUT2D eigenvalue weighted by molar-refractivity contribution is -0.122. The number of carbonyl (C=O) groups is 2. The molecule has 2 rings (SSSR count). The highest BCUT2D eigenvalue weighted by Crippen LogP contribution is 2.34. The third kappa shape index (κ3) is 5.87. The lowest BCUT2D eigenvalue weighted by Crippen LogP contribution is -2.41. The molecule has 0 bridgehead atoms. The van der Waals surface area contributed by atoms with Gasteiger partial charge in [0.2, 0.25) is 0 Å². The first-order valence-electron chi connectivity index (χ1n) is 9.08. The zero-order chi connectivity index (χ0) is 20.5. The number of ether oxygens (including phenoxy) is 2. The van der Waals surface area contributed by atoms with Crippen molar-refractivity contribution in [2.45, 2.75) is 20.3 Å². The predicted molar refractivity (Wildman–Crippen MR) is 116 cm³/mol. The number of carbonyl (C=O) groups excluding carboxylic acids is 2. The summed E-state index contributed by atoms with van der Waals surface area (Å²) in [6.45, 7) is 5.90. The van der Waals surface area contributed by atoms with Gasteiger partial charge >= 0.3 is 0 Å². The van der Waals surface area contributed by atoms with Crippen LogP contribution in [-0.2, 0) is 4.79 Å². The van der Waals surface area contributed by atoms with Gasteiger partial charge in [0.1, 0.15) is 0 Å². The molecule has 1 aliphatic rings. The van der Waals surface area contributed by atoms with Crippen molar-refractivity contribution in [1.29, 1.82) is 0 Å². The molecule has 1 aromatic carbocycles. The number of nitrogens with zero attached hydrogens (tertiary/aromatic N) is 1. The fourth-order valence-electron chi connectivity index (χ4n) is 2.48. The second-order valence-electron chi connectivity index (χ2n) is 5.86. The van der Waals surface area contributed by atoms with Gasteiger partial charge in [-0.1, -0.05) is 13.0 Å². The lowest BCUT2D eigenvalue weighted by Gasteiger charge is -2.14. The van der Waals surface area contributed by atoms with Crippen LogP contribution in [0.1, 0.15) is 25.8 Å². The molecular weight excluding hydrogens is 398 g/mol. The Balaban J connectivity index is 2.01. The molecule has 1 saturated heterocycles. The number of hydrogen-bond donors (Lipinski definition) is 2. The fraction of sp³-hybridized carbons (Fsp3) is 0.421. The van der Waals surface area contributed by atoms with Crippen molar-refractivity contribution in [3.8, 4) is 11.5 Å². The highest BCUT2D eigenvalue weighted by Gasteiger charge is 2.34. The summed E-state index contributed by atoms with van der Waals surface area (Å²) in [7, 11) is 1.56. The minimum absolute atomic E-state index is 0.253. The molecule has 1 aromatic rings. The fourth-order valence-corrected chi connectivity index (χ4v) is 3.54.